The van der Waals surface area contributed by atoms with Gasteiger partial charge in [0.15, 0.2) is 0 Å². The van der Waals surface area contributed by atoms with Gasteiger partial charge < -0.3 is 14.6 Å². The number of hydrogen-bond donors (Lipinski definition) is 1. The first kappa shape index (κ1) is 18.1. The summed E-state index contributed by atoms with van der Waals surface area (Å²) in [5.41, 5.74) is 1.38. The van der Waals surface area contributed by atoms with E-state index < -0.39 is 0 Å². The molecular weight excluding hydrogens is 318 g/mol. The van der Waals surface area contributed by atoms with Crippen LogP contribution in [0.5, 0.6) is 0 Å². The number of fused-ring (bicyclic) bond motifs is 2. The van der Waals surface area contributed by atoms with Crippen molar-refractivity contribution in [3.63, 3.8) is 0 Å². The number of carbonyl (C=O) groups excluding carboxylic acids is 1. The van der Waals surface area contributed by atoms with Crippen molar-refractivity contribution in [3.05, 3.63) is 27.4 Å². The zero-order valence-electron chi connectivity index (χ0n) is 15.8. The van der Waals surface area contributed by atoms with Gasteiger partial charge in [-0.15, -0.1) is 0 Å². The Kier molecular flexibility index (Phi) is 4.75. The molecule has 1 aliphatic carbocycles. The molecule has 0 bridgehead atoms. The first-order chi connectivity index (χ1) is 11.8. The summed E-state index contributed by atoms with van der Waals surface area (Å²) in [6, 6.07) is 0. The highest BCUT2D eigenvalue weighted by molar-refractivity contribution is 5.76. The summed E-state index contributed by atoms with van der Waals surface area (Å²) in [5, 5.41) is 0. The summed E-state index contributed by atoms with van der Waals surface area (Å²) in [7, 11) is 1.61. The number of H-pyrrole nitrogens is 1. The van der Waals surface area contributed by atoms with Gasteiger partial charge in [0.1, 0.15) is 5.82 Å². The maximum Gasteiger partial charge on any atom is 0.254 e. The van der Waals surface area contributed by atoms with Crippen LogP contribution >= 0.6 is 0 Å². The molecule has 1 spiro atoms. The molecule has 1 aliphatic heterocycles. The summed E-state index contributed by atoms with van der Waals surface area (Å²) in [4.78, 5) is 34.8. The molecule has 1 saturated heterocycles. The molecule has 0 aromatic carbocycles. The van der Waals surface area contributed by atoms with Crippen LogP contribution in [0.2, 0.25) is 0 Å². The van der Waals surface area contributed by atoms with E-state index in [1.165, 1.54) is 0 Å². The third-order valence-electron chi connectivity index (χ3n) is 5.53. The molecule has 1 atom stereocenters. The largest absolute Gasteiger partial charge is 0.384 e. The van der Waals surface area contributed by atoms with Crippen LogP contribution in [0.25, 0.3) is 0 Å². The maximum absolute atomic E-state index is 12.6. The number of methoxy groups -OCH3 is 1. The number of hydrogen-bond acceptors (Lipinski definition) is 4. The Labute approximate surface area is 149 Å². The van der Waals surface area contributed by atoms with Crippen molar-refractivity contribution in [2.24, 2.45) is 0 Å². The second kappa shape index (κ2) is 6.56. The molecule has 2 heterocycles. The molecule has 1 N–H and O–H groups in total. The van der Waals surface area contributed by atoms with E-state index in [0.29, 0.717) is 19.6 Å². The molecule has 138 valence electrons. The number of aromatic nitrogens is 2. The quantitative estimate of drug-likeness (QED) is 0.906. The van der Waals surface area contributed by atoms with Crippen molar-refractivity contribution in [1.82, 2.24) is 14.9 Å². The molecule has 6 heteroatoms. The number of ether oxygens (including phenoxy) is 1. The molecule has 2 aliphatic rings. The highest BCUT2D eigenvalue weighted by Crippen LogP contribution is 2.43. The van der Waals surface area contributed by atoms with Crippen LogP contribution in [0.3, 0.4) is 0 Å². The number of piperidine rings is 1. The molecule has 25 heavy (non-hydrogen) atoms. The molecule has 3 rings (SSSR count). The highest BCUT2D eigenvalue weighted by Gasteiger charge is 2.45. The van der Waals surface area contributed by atoms with Gasteiger partial charge in [-0.1, -0.05) is 20.8 Å². The van der Waals surface area contributed by atoms with E-state index in [9.17, 15) is 9.59 Å². The van der Waals surface area contributed by atoms with E-state index in [0.717, 1.165) is 49.3 Å². The van der Waals surface area contributed by atoms with Gasteiger partial charge in [0.2, 0.25) is 5.91 Å². The van der Waals surface area contributed by atoms with E-state index in [1.54, 1.807) is 7.11 Å². The number of nitrogens with one attached hydrogen (secondary N) is 1. The minimum Gasteiger partial charge on any atom is -0.384 e. The minimum absolute atomic E-state index is 0.00497. The second-order valence-electron chi connectivity index (χ2n) is 8.43. The van der Waals surface area contributed by atoms with E-state index >= 15 is 0 Å². The maximum atomic E-state index is 12.6. The average molecular weight is 347 g/mol. The lowest BCUT2D eigenvalue weighted by molar-refractivity contribution is -0.134. The van der Waals surface area contributed by atoms with Gasteiger partial charge in [0, 0.05) is 36.6 Å². The topological polar surface area (TPSA) is 75.3 Å². The number of rotatable bonds is 3. The molecular formula is C19H29N3O3. The summed E-state index contributed by atoms with van der Waals surface area (Å²) in [6.45, 7) is 8.07. The third-order valence-corrected chi connectivity index (χ3v) is 5.53. The molecule has 1 unspecified atom stereocenters. The smallest absolute Gasteiger partial charge is 0.254 e. The van der Waals surface area contributed by atoms with Crippen LogP contribution in [0.4, 0.5) is 0 Å². The van der Waals surface area contributed by atoms with Gasteiger partial charge in [-0.05, 0) is 25.7 Å². The third kappa shape index (κ3) is 3.36. The number of likely N-dealkylation sites (tertiary alicyclic amines) is 1. The molecule has 0 saturated carbocycles. The van der Waals surface area contributed by atoms with E-state index in [2.05, 4.69) is 25.8 Å². The summed E-state index contributed by atoms with van der Waals surface area (Å²) in [6.07, 6.45) is 4.02. The zero-order chi connectivity index (χ0) is 18.2. The lowest BCUT2D eigenvalue weighted by Crippen LogP contribution is -2.48. The van der Waals surface area contributed by atoms with Crippen LogP contribution in [0.1, 0.15) is 63.5 Å². The Bertz CT molecular complexity index is 720. The van der Waals surface area contributed by atoms with Gasteiger partial charge in [-0.2, -0.15) is 0 Å². The minimum atomic E-state index is -0.208. The standard InChI is InChI=1S/C19H29N3O3/c1-18(2,3)17-20-15-13(16(24)21-17)6-9-19(15)8-5-10-22(12-19)14(23)7-11-25-4/h5-12H2,1-4H3,(H,20,21,24). The normalized spacial score (nSPS) is 23.1. The fourth-order valence-corrected chi connectivity index (χ4v) is 4.10. The molecule has 1 amide bonds. The molecule has 0 radical (unpaired) electrons. The number of nitrogens with zero attached hydrogens (tertiary/aromatic N) is 2. The number of amides is 1. The Morgan fingerprint density at radius 3 is 2.80 bits per heavy atom. The summed E-state index contributed by atoms with van der Waals surface area (Å²) < 4.78 is 5.04. The number of aromatic amines is 1. The molecule has 1 aromatic rings. The van der Waals surface area contributed by atoms with Crippen LogP contribution < -0.4 is 5.56 Å². The first-order valence-corrected chi connectivity index (χ1v) is 9.18. The average Bonchev–Trinajstić information content (AvgIpc) is 2.90. The van der Waals surface area contributed by atoms with Gasteiger partial charge >= 0.3 is 0 Å². The van der Waals surface area contributed by atoms with Crippen molar-refractivity contribution in [2.75, 3.05) is 26.8 Å². The Morgan fingerprint density at radius 1 is 1.36 bits per heavy atom. The second-order valence-corrected chi connectivity index (χ2v) is 8.43. The van der Waals surface area contributed by atoms with E-state index in [1.807, 2.05) is 4.90 Å². The van der Waals surface area contributed by atoms with Crippen LogP contribution in [0, 0.1) is 0 Å². The number of carbonyl (C=O) groups is 1. The predicted molar refractivity (Wildman–Crippen MR) is 95.9 cm³/mol. The fraction of sp³-hybridized carbons (Fsp3) is 0.737. The van der Waals surface area contributed by atoms with Crippen molar-refractivity contribution < 1.29 is 9.53 Å². The highest BCUT2D eigenvalue weighted by atomic mass is 16.5. The zero-order valence-corrected chi connectivity index (χ0v) is 15.8. The van der Waals surface area contributed by atoms with Crippen LogP contribution in [-0.2, 0) is 26.8 Å². The Hall–Kier alpha value is -1.69. The predicted octanol–water partition coefficient (Wildman–Crippen LogP) is 1.91. The SMILES string of the molecule is COCCC(=O)N1CCCC2(CCc3c2nc(C(C)(C)C)[nH]c3=O)C1. The monoisotopic (exact) mass is 347 g/mol. The van der Waals surface area contributed by atoms with Crippen molar-refractivity contribution >= 4 is 5.91 Å². The van der Waals surface area contributed by atoms with Crippen LogP contribution in [0.15, 0.2) is 4.79 Å². The van der Waals surface area contributed by atoms with E-state index in [-0.39, 0.29) is 22.3 Å². The first-order valence-electron chi connectivity index (χ1n) is 9.18. The molecule has 1 aromatic heterocycles. The van der Waals surface area contributed by atoms with Crippen molar-refractivity contribution in [3.8, 4) is 0 Å². The fourth-order valence-electron chi connectivity index (χ4n) is 4.10. The van der Waals surface area contributed by atoms with E-state index in [4.69, 9.17) is 9.72 Å². The molecule has 6 nitrogen and oxygen atoms in total. The van der Waals surface area contributed by atoms with Gasteiger partial charge in [-0.25, -0.2) is 4.98 Å². The Balaban J connectivity index is 1.93. The van der Waals surface area contributed by atoms with Gasteiger partial charge in [0.05, 0.1) is 18.7 Å². The summed E-state index contributed by atoms with van der Waals surface area (Å²) >= 11 is 0. The van der Waals surface area contributed by atoms with Crippen molar-refractivity contribution in [2.45, 2.75) is 63.7 Å². The van der Waals surface area contributed by atoms with Gasteiger partial charge in [0.25, 0.3) is 5.56 Å². The van der Waals surface area contributed by atoms with Crippen LogP contribution in [-0.4, -0.2) is 47.6 Å². The lowest BCUT2D eigenvalue weighted by atomic mass is 9.77. The lowest BCUT2D eigenvalue weighted by Gasteiger charge is -2.40. The van der Waals surface area contributed by atoms with Crippen molar-refractivity contribution in [1.29, 1.82) is 0 Å². The molecule has 1 fully saturated rings. The Morgan fingerprint density at radius 2 is 2.12 bits per heavy atom. The summed E-state index contributed by atoms with van der Waals surface area (Å²) in [5.74, 6) is 0.871. The van der Waals surface area contributed by atoms with Gasteiger partial charge in [-0.3, -0.25) is 9.59 Å².